The van der Waals surface area contributed by atoms with Crippen molar-refractivity contribution in [3.8, 4) is 0 Å². The normalized spacial score (nSPS) is 13.8. The van der Waals surface area contributed by atoms with E-state index in [4.69, 9.17) is 10.2 Å². The molecule has 1 aromatic heterocycles. The van der Waals surface area contributed by atoms with Crippen LogP contribution in [-0.4, -0.2) is 20.7 Å². The van der Waals surface area contributed by atoms with E-state index in [1.54, 1.807) is 11.6 Å². The van der Waals surface area contributed by atoms with E-state index in [2.05, 4.69) is 5.32 Å². The van der Waals surface area contributed by atoms with Crippen molar-refractivity contribution in [2.45, 2.75) is 38.8 Å². The topological polar surface area (TPSA) is 96.2 Å². The van der Waals surface area contributed by atoms with Crippen LogP contribution in [0.2, 0.25) is 0 Å². The van der Waals surface area contributed by atoms with Gasteiger partial charge in [0.15, 0.2) is 0 Å². The minimum atomic E-state index is -0.570. The van der Waals surface area contributed by atoms with Crippen LogP contribution in [0.3, 0.4) is 0 Å². The molecule has 0 aliphatic carbocycles. The summed E-state index contributed by atoms with van der Waals surface area (Å²) in [5, 5.41) is 12.5. The first-order valence-corrected chi connectivity index (χ1v) is 10.1. The van der Waals surface area contributed by atoms with E-state index in [0.717, 1.165) is 60.4 Å². The Morgan fingerprint density at radius 1 is 1.13 bits per heavy atom. The minimum absolute atomic E-state index is 0.0450. The van der Waals surface area contributed by atoms with Gasteiger partial charge in [-0.15, -0.1) is 0 Å². The molecule has 7 nitrogen and oxygen atoms in total. The summed E-state index contributed by atoms with van der Waals surface area (Å²) in [7, 11) is 0. The van der Waals surface area contributed by atoms with E-state index in [0.29, 0.717) is 11.9 Å². The summed E-state index contributed by atoms with van der Waals surface area (Å²) in [6.07, 6.45) is 6.98. The third kappa shape index (κ3) is 4.41. The summed E-state index contributed by atoms with van der Waals surface area (Å²) in [4.78, 5) is 28.7. The van der Waals surface area contributed by atoms with Gasteiger partial charge in [0.05, 0.1) is 10.9 Å². The van der Waals surface area contributed by atoms with E-state index in [1.165, 1.54) is 6.08 Å². The summed E-state index contributed by atoms with van der Waals surface area (Å²) in [6.45, 7) is 1.35. The number of nitrogens with one attached hydrogen (secondary N) is 2. The zero-order chi connectivity index (χ0) is 20.9. The monoisotopic (exact) mass is 404 g/mol. The molecule has 4 rings (SSSR count). The smallest absolute Gasteiger partial charge is 0.267 e. The third-order valence-electron chi connectivity index (χ3n) is 5.33. The number of hydroxylamine groups is 1. The number of fused-ring (bicyclic) bond motifs is 2. The van der Waals surface area contributed by atoms with Gasteiger partial charge in [-0.2, -0.15) is 0 Å². The number of aromatic nitrogens is 2. The summed E-state index contributed by atoms with van der Waals surface area (Å²) < 4.78 is 1.84. The molecule has 0 spiro atoms. The zero-order valence-corrected chi connectivity index (χ0v) is 16.6. The van der Waals surface area contributed by atoms with Gasteiger partial charge >= 0.3 is 0 Å². The quantitative estimate of drug-likeness (QED) is 0.345. The highest BCUT2D eigenvalue weighted by Gasteiger charge is 2.13. The van der Waals surface area contributed by atoms with Crippen LogP contribution >= 0.6 is 0 Å². The molecular formula is C23H24N4O3. The van der Waals surface area contributed by atoms with E-state index < -0.39 is 5.91 Å². The second kappa shape index (κ2) is 8.92. The Morgan fingerprint density at radius 2 is 1.97 bits per heavy atom. The Balaban J connectivity index is 1.49. The largest absolute Gasteiger partial charge is 0.381 e. The van der Waals surface area contributed by atoms with Crippen molar-refractivity contribution in [3.05, 3.63) is 75.8 Å². The van der Waals surface area contributed by atoms with Gasteiger partial charge in [0.2, 0.25) is 0 Å². The molecule has 0 atom stereocenters. The van der Waals surface area contributed by atoms with Crippen LogP contribution in [0.1, 0.15) is 36.2 Å². The number of carbonyl (C=O) groups excluding carboxylic acids is 1. The Kier molecular flexibility index (Phi) is 5.90. The molecule has 0 saturated heterocycles. The van der Waals surface area contributed by atoms with Crippen LogP contribution in [-0.2, 0) is 24.3 Å². The molecule has 3 N–H and O–H groups in total. The SMILES string of the molecule is O=C(/C=C/c1ccc(CNc2ccc3nc4n(c(=O)c3c2)CCCCC4)cc1)NO. The molecule has 0 radical (unpaired) electrons. The number of benzene rings is 2. The number of rotatable bonds is 5. The number of hydrogen-bond donors (Lipinski definition) is 3. The zero-order valence-electron chi connectivity index (χ0n) is 16.6. The molecule has 30 heavy (non-hydrogen) atoms. The van der Waals surface area contributed by atoms with Crippen LogP contribution < -0.4 is 16.4 Å². The first-order chi connectivity index (χ1) is 14.6. The Bertz CT molecular complexity index is 1150. The highest BCUT2D eigenvalue weighted by molar-refractivity contribution is 5.90. The lowest BCUT2D eigenvalue weighted by atomic mass is 10.1. The van der Waals surface area contributed by atoms with Crippen molar-refractivity contribution < 1.29 is 10.0 Å². The fraction of sp³-hybridized carbons (Fsp3) is 0.261. The molecule has 0 saturated carbocycles. The Hall–Kier alpha value is -3.45. The van der Waals surface area contributed by atoms with E-state index in [9.17, 15) is 9.59 Å². The van der Waals surface area contributed by atoms with Crippen molar-refractivity contribution in [2.75, 3.05) is 5.32 Å². The molecule has 3 aromatic rings. The van der Waals surface area contributed by atoms with Gasteiger partial charge in [0.1, 0.15) is 5.82 Å². The van der Waals surface area contributed by atoms with E-state index >= 15 is 0 Å². The van der Waals surface area contributed by atoms with Gasteiger partial charge in [-0.25, -0.2) is 10.5 Å². The van der Waals surface area contributed by atoms with Gasteiger partial charge in [-0.3, -0.25) is 19.4 Å². The van der Waals surface area contributed by atoms with Gasteiger partial charge in [0, 0.05) is 31.3 Å². The van der Waals surface area contributed by atoms with Crippen molar-refractivity contribution in [3.63, 3.8) is 0 Å². The van der Waals surface area contributed by atoms with Crippen LogP contribution in [0.5, 0.6) is 0 Å². The maximum atomic E-state index is 13.0. The molecule has 1 aliphatic rings. The second-order valence-corrected chi connectivity index (χ2v) is 7.43. The van der Waals surface area contributed by atoms with E-state index in [1.807, 2.05) is 47.0 Å². The summed E-state index contributed by atoms with van der Waals surface area (Å²) in [6, 6.07) is 13.4. The average Bonchev–Trinajstić information content (AvgIpc) is 3.03. The highest BCUT2D eigenvalue weighted by atomic mass is 16.5. The minimum Gasteiger partial charge on any atom is -0.381 e. The molecule has 1 aliphatic heterocycles. The predicted molar refractivity (Wildman–Crippen MR) is 116 cm³/mol. The average molecular weight is 404 g/mol. The lowest BCUT2D eigenvalue weighted by Gasteiger charge is -2.12. The van der Waals surface area contributed by atoms with Gasteiger partial charge < -0.3 is 5.32 Å². The van der Waals surface area contributed by atoms with Crippen molar-refractivity contribution in [1.29, 1.82) is 0 Å². The number of carbonyl (C=O) groups is 1. The molecule has 2 heterocycles. The molecule has 7 heteroatoms. The van der Waals surface area contributed by atoms with Crippen LogP contribution in [0.15, 0.2) is 53.3 Å². The summed E-state index contributed by atoms with van der Waals surface area (Å²) >= 11 is 0. The molecule has 0 fully saturated rings. The lowest BCUT2D eigenvalue weighted by molar-refractivity contribution is -0.124. The number of anilines is 1. The number of nitrogens with zero attached hydrogens (tertiary/aromatic N) is 2. The highest BCUT2D eigenvalue weighted by Crippen LogP contribution is 2.19. The van der Waals surface area contributed by atoms with Crippen molar-refractivity contribution in [1.82, 2.24) is 15.0 Å². The lowest BCUT2D eigenvalue weighted by Crippen LogP contribution is -2.24. The Labute approximate surface area is 174 Å². The molecule has 2 aromatic carbocycles. The van der Waals surface area contributed by atoms with E-state index in [-0.39, 0.29) is 5.56 Å². The fourth-order valence-electron chi connectivity index (χ4n) is 3.69. The molecule has 0 unspecified atom stereocenters. The fourth-order valence-corrected chi connectivity index (χ4v) is 3.69. The molecule has 1 amide bonds. The van der Waals surface area contributed by atoms with Crippen molar-refractivity contribution in [2.24, 2.45) is 0 Å². The number of aryl methyl sites for hydroxylation is 1. The molecular weight excluding hydrogens is 380 g/mol. The standard InChI is InChI=1S/C23H24N4O3/c28-22(26-30)12-9-16-5-7-17(8-6-16)15-24-18-10-11-20-19(14-18)23(29)27-13-3-1-2-4-21(27)25-20/h5-12,14,24,30H,1-4,13,15H2,(H,26,28)/b12-9+. The first-order valence-electron chi connectivity index (χ1n) is 10.1. The van der Waals surface area contributed by atoms with Crippen LogP contribution in [0.25, 0.3) is 17.0 Å². The first kappa shape index (κ1) is 19.8. The Morgan fingerprint density at radius 3 is 2.77 bits per heavy atom. The van der Waals surface area contributed by atoms with Gasteiger partial charge in [0.25, 0.3) is 11.5 Å². The third-order valence-corrected chi connectivity index (χ3v) is 5.33. The van der Waals surface area contributed by atoms with Gasteiger partial charge in [-0.1, -0.05) is 30.7 Å². The number of hydrogen-bond acceptors (Lipinski definition) is 5. The van der Waals surface area contributed by atoms with Crippen LogP contribution in [0, 0.1) is 0 Å². The van der Waals surface area contributed by atoms with Crippen molar-refractivity contribution >= 4 is 28.6 Å². The summed E-state index contributed by atoms with van der Waals surface area (Å²) in [5.74, 6) is 0.329. The molecule has 0 bridgehead atoms. The maximum Gasteiger partial charge on any atom is 0.267 e. The van der Waals surface area contributed by atoms with Crippen LogP contribution in [0.4, 0.5) is 5.69 Å². The second-order valence-electron chi connectivity index (χ2n) is 7.43. The predicted octanol–water partition coefficient (Wildman–Crippen LogP) is 3.25. The maximum absolute atomic E-state index is 13.0. The summed E-state index contributed by atoms with van der Waals surface area (Å²) in [5.41, 5.74) is 5.15. The van der Waals surface area contributed by atoms with Gasteiger partial charge in [-0.05, 0) is 48.2 Å². The number of amides is 1. The molecule has 154 valence electrons.